The summed E-state index contributed by atoms with van der Waals surface area (Å²) in [4.78, 5) is 25.6. The van der Waals surface area contributed by atoms with Crippen LogP contribution in [0, 0.1) is 0 Å². The molecule has 1 aliphatic heterocycles. The number of rotatable bonds is 6. The minimum atomic E-state index is -0.243. The summed E-state index contributed by atoms with van der Waals surface area (Å²) < 4.78 is 5.36. The van der Waals surface area contributed by atoms with Crippen molar-refractivity contribution in [3.05, 3.63) is 34.7 Å². The van der Waals surface area contributed by atoms with Gasteiger partial charge in [-0.3, -0.25) is 14.5 Å². The van der Waals surface area contributed by atoms with E-state index in [1.807, 2.05) is 31.2 Å². The average Bonchev–Trinajstić information content (AvgIpc) is 2.74. The SMILES string of the molecule is CCOc1ccc(/C=C2\SC(=O)N(CCCN)C2=O)cc1. The second-order valence-corrected chi connectivity index (χ2v) is 5.47. The molecule has 2 rings (SSSR count). The topological polar surface area (TPSA) is 72.6 Å². The van der Waals surface area contributed by atoms with E-state index in [-0.39, 0.29) is 11.1 Å². The predicted molar refractivity (Wildman–Crippen MR) is 84.0 cm³/mol. The first-order chi connectivity index (χ1) is 10.2. The molecule has 5 nitrogen and oxygen atoms in total. The smallest absolute Gasteiger partial charge is 0.293 e. The fraction of sp³-hybridized carbons (Fsp3) is 0.333. The second-order valence-electron chi connectivity index (χ2n) is 4.48. The lowest BCUT2D eigenvalue weighted by atomic mass is 10.2. The highest BCUT2D eigenvalue weighted by Crippen LogP contribution is 2.32. The molecule has 0 aromatic heterocycles. The van der Waals surface area contributed by atoms with Gasteiger partial charge in [-0.15, -0.1) is 0 Å². The number of nitrogens with zero attached hydrogens (tertiary/aromatic N) is 1. The van der Waals surface area contributed by atoms with Gasteiger partial charge in [-0.05, 0) is 55.4 Å². The third-order valence-corrected chi connectivity index (χ3v) is 3.86. The summed E-state index contributed by atoms with van der Waals surface area (Å²) >= 11 is 0.968. The van der Waals surface area contributed by atoms with Gasteiger partial charge in [0.05, 0.1) is 11.5 Å². The molecule has 0 atom stereocenters. The third-order valence-electron chi connectivity index (χ3n) is 2.95. The highest BCUT2D eigenvalue weighted by atomic mass is 32.2. The van der Waals surface area contributed by atoms with E-state index >= 15 is 0 Å². The Balaban J connectivity index is 2.10. The first-order valence-electron chi connectivity index (χ1n) is 6.84. The second kappa shape index (κ2) is 7.28. The summed E-state index contributed by atoms with van der Waals surface area (Å²) in [5.41, 5.74) is 6.28. The summed E-state index contributed by atoms with van der Waals surface area (Å²) in [5.74, 6) is 0.540. The Hall–Kier alpha value is -1.79. The van der Waals surface area contributed by atoms with Crippen molar-refractivity contribution in [3.63, 3.8) is 0 Å². The average molecular weight is 306 g/mol. The maximum Gasteiger partial charge on any atom is 0.293 e. The molecule has 6 heteroatoms. The fourth-order valence-electron chi connectivity index (χ4n) is 1.92. The van der Waals surface area contributed by atoms with Crippen molar-refractivity contribution in [3.8, 4) is 5.75 Å². The van der Waals surface area contributed by atoms with Gasteiger partial charge in [0.15, 0.2) is 0 Å². The number of ether oxygens (including phenoxy) is 1. The molecule has 2 N–H and O–H groups in total. The number of thioether (sulfide) groups is 1. The summed E-state index contributed by atoms with van der Waals surface area (Å²) in [5, 5.41) is -0.231. The molecule has 0 unspecified atom stereocenters. The highest BCUT2D eigenvalue weighted by molar-refractivity contribution is 8.18. The quantitative estimate of drug-likeness (QED) is 0.817. The van der Waals surface area contributed by atoms with E-state index in [2.05, 4.69) is 0 Å². The van der Waals surface area contributed by atoms with Gasteiger partial charge in [0.1, 0.15) is 5.75 Å². The lowest BCUT2D eigenvalue weighted by Crippen LogP contribution is -2.30. The molecule has 1 saturated heterocycles. The molecule has 2 amide bonds. The van der Waals surface area contributed by atoms with E-state index in [4.69, 9.17) is 10.5 Å². The first kappa shape index (κ1) is 15.6. The van der Waals surface area contributed by atoms with Crippen molar-refractivity contribution in [1.29, 1.82) is 0 Å². The van der Waals surface area contributed by atoms with E-state index in [0.717, 1.165) is 23.1 Å². The Bertz CT molecular complexity index is 555. The molecule has 21 heavy (non-hydrogen) atoms. The highest BCUT2D eigenvalue weighted by Gasteiger charge is 2.34. The Morgan fingerprint density at radius 1 is 1.29 bits per heavy atom. The maximum absolute atomic E-state index is 12.1. The number of imide groups is 1. The van der Waals surface area contributed by atoms with Gasteiger partial charge in [0.2, 0.25) is 0 Å². The number of carbonyl (C=O) groups excluding carboxylic acids is 2. The Kier molecular flexibility index (Phi) is 5.41. The van der Waals surface area contributed by atoms with Crippen LogP contribution in [-0.2, 0) is 4.79 Å². The van der Waals surface area contributed by atoms with E-state index in [0.29, 0.717) is 31.0 Å². The number of nitrogens with two attached hydrogens (primary N) is 1. The molecule has 1 fully saturated rings. The van der Waals surface area contributed by atoms with Crippen LogP contribution in [0.3, 0.4) is 0 Å². The molecule has 1 heterocycles. The van der Waals surface area contributed by atoms with Crippen molar-refractivity contribution in [2.45, 2.75) is 13.3 Å². The molecule has 1 aromatic carbocycles. The van der Waals surface area contributed by atoms with Crippen molar-refractivity contribution in [2.75, 3.05) is 19.7 Å². The summed E-state index contributed by atoms with van der Waals surface area (Å²) in [6, 6.07) is 7.40. The van der Waals surface area contributed by atoms with Gasteiger partial charge in [-0.25, -0.2) is 0 Å². The minimum absolute atomic E-state index is 0.231. The molecule has 0 aliphatic carbocycles. The molecule has 1 aliphatic rings. The summed E-state index contributed by atoms with van der Waals surface area (Å²) in [7, 11) is 0. The van der Waals surface area contributed by atoms with Crippen molar-refractivity contribution < 1.29 is 14.3 Å². The van der Waals surface area contributed by atoms with Crippen LogP contribution in [-0.4, -0.2) is 35.7 Å². The van der Waals surface area contributed by atoms with Gasteiger partial charge in [0.25, 0.3) is 11.1 Å². The maximum atomic E-state index is 12.1. The van der Waals surface area contributed by atoms with Crippen LogP contribution in [0.4, 0.5) is 4.79 Å². The molecule has 0 radical (unpaired) electrons. The first-order valence-corrected chi connectivity index (χ1v) is 7.65. The standard InChI is InChI=1S/C15H18N2O3S/c1-2-20-12-6-4-11(5-7-12)10-13-14(18)17(9-3-8-16)15(19)21-13/h4-7,10H,2-3,8-9,16H2,1H3/b13-10-. The lowest BCUT2D eigenvalue weighted by Gasteiger charge is -2.10. The fourth-order valence-corrected chi connectivity index (χ4v) is 2.79. The molecule has 0 saturated carbocycles. The van der Waals surface area contributed by atoms with Crippen LogP contribution in [0.25, 0.3) is 6.08 Å². The van der Waals surface area contributed by atoms with E-state index < -0.39 is 0 Å². The largest absolute Gasteiger partial charge is 0.494 e. The van der Waals surface area contributed by atoms with E-state index in [1.165, 1.54) is 4.90 Å². The summed E-state index contributed by atoms with van der Waals surface area (Å²) in [6.07, 6.45) is 2.34. The van der Waals surface area contributed by atoms with Gasteiger partial charge < -0.3 is 10.5 Å². The molecule has 1 aromatic rings. The number of hydrogen-bond acceptors (Lipinski definition) is 5. The number of carbonyl (C=O) groups is 2. The van der Waals surface area contributed by atoms with Gasteiger partial charge in [-0.1, -0.05) is 12.1 Å². The van der Waals surface area contributed by atoms with Crippen LogP contribution in [0.5, 0.6) is 5.75 Å². The number of benzene rings is 1. The van der Waals surface area contributed by atoms with E-state index in [9.17, 15) is 9.59 Å². The van der Waals surface area contributed by atoms with Crippen molar-refractivity contribution in [1.82, 2.24) is 4.90 Å². The third kappa shape index (κ3) is 3.86. The lowest BCUT2D eigenvalue weighted by molar-refractivity contribution is -0.122. The van der Waals surface area contributed by atoms with Crippen LogP contribution in [0.1, 0.15) is 18.9 Å². The zero-order chi connectivity index (χ0) is 15.2. The normalized spacial score (nSPS) is 16.9. The van der Waals surface area contributed by atoms with Crippen molar-refractivity contribution >= 4 is 29.0 Å². The molecular weight excluding hydrogens is 288 g/mol. The van der Waals surface area contributed by atoms with Crippen LogP contribution in [0.15, 0.2) is 29.2 Å². The number of hydrogen-bond donors (Lipinski definition) is 1. The van der Waals surface area contributed by atoms with Gasteiger partial charge in [-0.2, -0.15) is 0 Å². The number of amides is 2. The molecule has 0 bridgehead atoms. The zero-order valence-electron chi connectivity index (χ0n) is 11.9. The predicted octanol–water partition coefficient (Wildman–Crippen LogP) is 2.47. The van der Waals surface area contributed by atoms with Crippen LogP contribution < -0.4 is 10.5 Å². The summed E-state index contributed by atoms with van der Waals surface area (Å²) in [6.45, 7) is 3.37. The van der Waals surface area contributed by atoms with Crippen LogP contribution in [0.2, 0.25) is 0 Å². The van der Waals surface area contributed by atoms with Crippen LogP contribution >= 0.6 is 11.8 Å². The Labute approximate surface area is 128 Å². The molecule has 0 spiro atoms. The zero-order valence-corrected chi connectivity index (χ0v) is 12.7. The Morgan fingerprint density at radius 2 is 2.00 bits per heavy atom. The molecule has 112 valence electrons. The van der Waals surface area contributed by atoms with E-state index in [1.54, 1.807) is 6.08 Å². The Morgan fingerprint density at radius 3 is 2.62 bits per heavy atom. The monoisotopic (exact) mass is 306 g/mol. The van der Waals surface area contributed by atoms with Crippen molar-refractivity contribution in [2.24, 2.45) is 5.73 Å². The van der Waals surface area contributed by atoms with Gasteiger partial charge in [0, 0.05) is 6.54 Å². The minimum Gasteiger partial charge on any atom is -0.494 e. The van der Waals surface area contributed by atoms with Gasteiger partial charge >= 0.3 is 0 Å². The molecular formula is C15H18N2O3S.